The highest BCUT2D eigenvalue weighted by Gasteiger charge is 2.23. The van der Waals surface area contributed by atoms with Gasteiger partial charge in [0.15, 0.2) is 5.82 Å². The fraction of sp³-hybridized carbons (Fsp3) is 0.632. The van der Waals surface area contributed by atoms with Gasteiger partial charge in [-0.25, -0.2) is 9.97 Å². The first-order valence-corrected chi connectivity index (χ1v) is 9.32. The molecule has 142 valence electrons. The second-order valence-corrected chi connectivity index (χ2v) is 8.08. The van der Waals surface area contributed by atoms with Gasteiger partial charge < -0.3 is 9.64 Å². The Hall–Kier alpha value is -2.15. The summed E-state index contributed by atoms with van der Waals surface area (Å²) in [4.78, 5) is 13.6. The van der Waals surface area contributed by atoms with E-state index < -0.39 is 0 Å². The molecule has 3 rings (SSSR count). The van der Waals surface area contributed by atoms with Gasteiger partial charge in [-0.15, -0.1) is 0 Å². The van der Waals surface area contributed by atoms with Crippen molar-refractivity contribution in [3.05, 3.63) is 30.4 Å². The lowest BCUT2D eigenvalue weighted by Gasteiger charge is -2.35. The van der Waals surface area contributed by atoms with Crippen LogP contribution >= 0.6 is 0 Å². The number of rotatable bonds is 5. The normalized spacial score (nSPS) is 16.3. The van der Waals surface area contributed by atoms with E-state index in [1.54, 1.807) is 12.4 Å². The fourth-order valence-electron chi connectivity index (χ4n) is 3.03. The Balaban J connectivity index is 1.59. The number of piperazine rings is 1. The van der Waals surface area contributed by atoms with E-state index >= 15 is 0 Å². The van der Waals surface area contributed by atoms with E-state index in [0.29, 0.717) is 5.88 Å². The van der Waals surface area contributed by atoms with Crippen molar-refractivity contribution < 1.29 is 4.74 Å². The van der Waals surface area contributed by atoms with Crippen LogP contribution in [0.25, 0.3) is 0 Å². The molecule has 0 atom stereocenters. The minimum atomic E-state index is 0.0236. The third kappa shape index (κ3) is 4.52. The van der Waals surface area contributed by atoms with Crippen LogP contribution in [0.4, 0.5) is 5.82 Å². The van der Waals surface area contributed by atoms with Crippen molar-refractivity contribution in [2.45, 2.75) is 52.8 Å². The van der Waals surface area contributed by atoms with E-state index in [2.05, 4.69) is 51.8 Å². The molecule has 0 radical (unpaired) electrons. The molecule has 2 aromatic rings. The molecule has 0 spiro atoms. The molecule has 1 saturated heterocycles. The van der Waals surface area contributed by atoms with Crippen LogP contribution in [0.3, 0.4) is 0 Å². The molecule has 0 aliphatic carbocycles. The molecule has 7 nitrogen and oxygen atoms in total. The maximum atomic E-state index is 5.82. The Kier molecular flexibility index (Phi) is 5.46. The molecule has 3 heterocycles. The van der Waals surface area contributed by atoms with E-state index in [1.807, 2.05) is 24.7 Å². The average molecular weight is 358 g/mol. The zero-order valence-corrected chi connectivity index (χ0v) is 16.5. The Bertz CT molecular complexity index is 713. The molecule has 0 saturated carbocycles. The Labute approximate surface area is 156 Å². The predicted molar refractivity (Wildman–Crippen MR) is 103 cm³/mol. The standard InChI is InChI=1S/C19H30N6O/c1-15(2)26-18-17(20-6-7-21-18)24-10-8-23(9-11-24)13-16-12-22-25(14-16)19(3,4)5/h6-7,12,14-15H,8-11,13H2,1-5H3. The van der Waals surface area contributed by atoms with Crippen molar-refractivity contribution in [3.63, 3.8) is 0 Å². The minimum Gasteiger partial charge on any atom is -0.472 e. The first kappa shape index (κ1) is 18.6. The maximum Gasteiger partial charge on any atom is 0.257 e. The molecule has 1 aliphatic heterocycles. The Morgan fingerprint density at radius 1 is 1.08 bits per heavy atom. The van der Waals surface area contributed by atoms with Crippen LogP contribution in [0.1, 0.15) is 40.2 Å². The molecule has 0 N–H and O–H groups in total. The van der Waals surface area contributed by atoms with Gasteiger partial charge in [-0.3, -0.25) is 9.58 Å². The second-order valence-electron chi connectivity index (χ2n) is 8.08. The summed E-state index contributed by atoms with van der Waals surface area (Å²) in [5.41, 5.74) is 1.28. The third-order valence-electron chi connectivity index (χ3n) is 4.40. The summed E-state index contributed by atoms with van der Waals surface area (Å²) in [7, 11) is 0. The van der Waals surface area contributed by atoms with Gasteiger partial charge in [0, 0.05) is 56.9 Å². The number of hydrogen-bond acceptors (Lipinski definition) is 6. The van der Waals surface area contributed by atoms with Crippen molar-refractivity contribution in [3.8, 4) is 5.88 Å². The third-order valence-corrected chi connectivity index (χ3v) is 4.40. The topological polar surface area (TPSA) is 59.3 Å². The highest BCUT2D eigenvalue weighted by molar-refractivity contribution is 5.48. The molecule has 0 aromatic carbocycles. The summed E-state index contributed by atoms with van der Waals surface area (Å²) < 4.78 is 7.85. The highest BCUT2D eigenvalue weighted by atomic mass is 16.5. The predicted octanol–water partition coefficient (Wildman–Crippen LogP) is 2.54. The average Bonchev–Trinajstić information content (AvgIpc) is 3.05. The molecule has 1 aliphatic rings. The molecule has 7 heteroatoms. The van der Waals surface area contributed by atoms with E-state index in [-0.39, 0.29) is 11.6 Å². The van der Waals surface area contributed by atoms with Crippen molar-refractivity contribution >= 4 is 5.82 Å². The summed E-state index contributed by atoms with van der Waals surface area (Å²) in [5, 5.41) is 4.50. The van der Waals surface area contributed by atoms with Gasteiger partial charge in [-0.1, -0.05) is 0 Å². The van der Waals surface area contributed by atoms with E-state index in [9.17, 15) is 0 Å². The van der Waals surface area contributed by atoms with Gasteiger partial charge in [0.05, 0.1) is 17.8 Å². The SMILES string of the molecule is CC(C)Oc1nccnc1N1CCN(Cc2cnn(C(C)(C)C)c2)CC1. The monoisotopic (exact) mass is 358 g/mol. The lowest BCUT2D eigenvalue weighted by atomic mass is 10.1. The largest absolute Gasteiger partial charge is 0.472 e. The van der Waals surface area contributed by atoms with E-state index in [4.69, 9.17) is 4.74 Å². The quantitative estimate of drug-likeness (QED) is 0.819. The van der Waals surface area contributed by atoms with E-state index in [0.717, 1.165) is 38.5 Å². The molecular weight excluding hydrogens is 328 g/mol. The van der Waals surface area contributed by atoms with Crippen molar-refractivity contribution in [1.82, 2.24) is 24.6 Å². The van der Waals surface area contributed by atoms with Crippen LogP contribution in [-0.2, 0) is 12.1 Å². The van der Waals surface area contributed by atoms with Crippen molar-refractivity contribution in [2.75, 3.05) is 31.1 Å². The summed E-state index contributed by atoms with van der Waals surface area (Å²) in [5.74, 6) is 1.48. The number of aromatic nitrogens is 4. The molecule has 1 fully saturated rings. The number of ether oxygens (including phenoxy) is 1. The fourth-order valence-corrected chi connectivity index (χ4v) is 3.03. The molecular formula is C19H30N6O. The van der Waals surface area contributed by atoms with E-state index in [1.165, 1.54) is 5.56 Å². The lowest BCUT2D eigenvalue weighted by Crippen LogP contribution is -2.46. The Morgan fingerprint density at radius 3 is 2.38 bits per heavy atom. The van der Waals surface area contributed by atoms with Gasteiger partial charge >= 0.3 is 0 Å². The molecule has 0 amide bonds. The van der Waals surface area contributed by atoms with Crippen LogP contribution in [0.15, 0.2) is 24.8 Å². The smallest absolute Gasteiger partial charge is 0.257 e. The first-order valence-electron chi connectivity index (χ1n) is 9.32. The summed E-state index contributed by atoms with van der Waals surface area (Å²) in [6.45, 7) is 15.3. The maximum absolute atomic E-state index is 5.82. The molecule has 26 heavy (non-hydrogen) atoms. The van der Waals surface area contributed by atoms with Gasteiger partial charge in [0.2, 0.25) is 0 Å². The summed E-state index contributed by atoms with van der Waals surface area (Å²) in [6, 6.07) is 0. The minimum absolute atomic E-state index is 0.0236. The first-order chi connectivity index (χ1) is 12.3. The van der Waals surface area contributed by atoms with Crippen molar-refractivity contribution in [2.24, 2.45) is 0 Å². The van der Waals surface area contributed by atoms with Gasteiger partial charge in [-0.05, 0) is 34.6 Å². The van der Waals surface area contributed by atoms with Gasteiger partial charge in [-0.2, -0.15) is 5.10 Å². The zero-order valence-electron chi connectivity index (χ0n) is 16.5. The van der Waals surface area contributed by atoms with Crippen LogP contribution in [-0.4, -0.2) is 56.9 Å². The zero-order chi connectivity index (χ0) is 18.7. The molecule has 0 bridgehead atoms. The lowest BCUT2D eigenvalue weighted by molar-refractivity contribution is 0.226. The van der Waals surface area contributed by atoms with Crippen LogP contribution in [0.5, 0.6) is 5.88 Å². The highest BCUT2D eigenvalue weighted by Crippen LogP contribution is 2.25. The van der Waals surface area contributed by atoms with Gasteiger partial charge in [0.1, 0.15) is 0 Å². The second kappa shape index (κ2) is 7.61. The number of nitrogens with zero attached hydrogens (tertiary/aromatic N) is 6. The van der Waals surface area contributed by atoms with Crippen LogP contribution < -0.4 is 9.64 Å². The Morgan fingerprint density at radius 2 is 1.77 bits per heavy atom. The summed E-state index contributed by atoms with van der Waals surface area (Å²) in [6.07, 6.45) is 7.64. The van der Waals surface area contributed by atoms with Crippen molar-refractivity contribution in [1.29, 1.82) is 0 Å². The van der Waals surface area contributed by atoms with Crippen LogP contribution in [0, 0.1) is 0 Å². The molecule has 0 unspecified atom stereocenters. The number of anilines is 1. The molecule has 2 aromatic heterocycles. The van der Waals surface area contributed by atoms with Gasteiger partial charge in [0.25, 0.3) is 5.88 Å². The van der Waals surface area contributed by atoms with Crippen LogP contribution in [0.2, 0.25) is 0 Å². The number of hydrogen-bond donors (Lipinski definition) is 0. The summed E-state index contributed by atoms with van der Waals surface area (Å²) >= 11 is 0.